The maximum atomic E-state index is 11.7. The highest BCUT2D eigenvalue weighted by Crippen LogP contribution is 2.25. The summed E-state index contributed by atoms with van der Waals surface area (Å²) in [6, 6.07) is 0. The minimum atomic E-state index is -0.167. The van der Waals surface area contributed by atoms with Crippen molar-refractivity contribution in [3.63, 3.8) is 0 Å². The molecule has 0 radical (unpaired) electrons. The van der Waals surface area contributed by atoms with Crippen LogP contribution in [0.3, 0.4) is 0 Å². The average molecular weight is 256 g/mol. The molecule has 1 rings (SSSR count). The molecule has 106 valence electrons. The Labute approximate surface area is 111 Å². The number of nitrogens with one attached hydrogen (secondary N) is 1. The van der Waals surface area contributed by atoms with Gasteiger partial charge in [-0.05, 0) is 32.2 Å². The van der Waals surface area contributed by atoms with Crippen molar-refractivity contribution < 1.29 is 9.90 Å². The van der Waals surface area contributed by atoms with E-state index in [1.807, 2.05) is 11.9 Å². The number of hydrogen-bond donors (Lipinski definition) is 2. The van der Waals surface area contributed by atoms with E-state index in [4.69, 9.17) is 0 Å². The Bertz CT molecular complexity index is 246. The number of aliphatic hydroxyl groups is 1. The van der Waals surface area contributed by atoms with Crippen LogP contribution in [0.4, 0.5) is 0 Å². The second kappa shape index (κ2) is 8.48. The van der Waals surface area contributed by atoms with Crippen LogP contribution < -0.4 is 5.32 Å². The minimum absolute atomic E-state index is 0.0982. The van der Waals surface area contributed by atoms with Gasteiger partial charge >= 0.3 is 0 Å². The molecule has 2 unspecified atom stereocenters. The standard InChI is InChI=1S/C14H28N2O2/c1-3-4-5-9-15-14(18)11-16(2)10-12-7-6-8-13(12)17/h12-13,17H,3-11H2,1-2H3,(H,15,18). The zero-order valence-electron chi connectivity index (χ0n) is 11.8. The van der Waals surface area contributed by atoms with Gasteiger partial charge in [0, 0.05) is 13.1 Å². The van der Waals surface area contributed by atoms with Gasteiger partial charge in [-0.15, -0.1) is 0 Å². The lowest BCUT2D eigenvalue weighted by Gasteiger charge is -2.22. The quantitative estimate of drug-likeness (QED) is 0.645. The first kappa shape index (κ1) is 15.4. The van der Waals surface area contributed by atoms with Crippen LogP contribution in [-0.2, 0) is 4.79 Å². The van der Waals surface area contributed by atoms with E-state index in [2.05, 4.69) is 12.2 Å². The summed E-state index contributed by atoms with van der Waals surface area (Å²) in [6.07, 6.45) is 6.36. The molecule has 0 aliphatic heterocycles. The summed E-state index contributed by atoms with van der Waals surface area (Å²) in [4.78, 5) is 13.7. The third-order valence-corrected chi connectivity index (χ3v) is 3.68. The number of rotatable bonds is 8. The number of aliphatic hydroxyl groups excluding tert-OH is 1. The van der Waals surface area contributed by atoms with Crippen LogP contribution in [-0.4, -0.2) is 48.7 Å². The van der Waals surface area contributed by atoms with Crippen LogP contribution in [0.2, 0.25) is 0 Å². The molecule has 1 fully saturated rings. The van der Waals surface area contributed by atoms with E-state index in [9.17, 15) is 9.90 Å². The summed E-state index contributed by atoms with van der Waals surface area (Å²) in [5.41, 5.74) is 0. The first-order chi connectivity index (χ1) is 8.63. The van der Waals surface area contributed by atoms with Crippen LogP contribution in [0, 0.1) is 5.92 Å². The molecule has 1 saturated carbocycles. The van der Waals surface area contributed by atoms with E-state index in [0.717, 1.165) is 38.8 Å². The van der Waals surface area contributed by atoms with Crippen molar-refractivity contribution >= 4 is 5.91 Å². The molecule has 1 amide bonds. The zero-order chi connectivity index (χ0) is 13.4. The van der Waals surface area contributed by atoms with Crippen LogP contribution in [0.15, 0.2) is 0 Å². The maximum absolute atomic E-state index is 11.7. The summed E-state index contributed by atoms with van der Waals surface area (Å²) < 4.78 is 0. The molecule has 0 spiro atoms. The Morgan fingerprint density at radius 2 is 2.17 bits per heavy atom. The van der Waals surface area contributed by atoms with E-state index in [-0.39, 0.29) is 12.0 Å². The van der Waals surface area contributed by atoms with Crippen molar-refractivity contribution in [2.75, 3.05) is 26.7 Å². The van der Waals surface area contributed by atoms with Crippen molar-refractivity contribution in [2.24, 2.45) is 5.92 Å². The van der Waals surface area contributed by atoms with Crippen molar-refractivity contribution in [1.29, 1.82) is 0 Å². The fourth-order valence-corrected chi connectivity index (χ4v) is 2.60. The first-order valence-corrected chi connectivity index (χ1v) is 7.26. The average Bonchev–Trinajstić information content (AvgIpc) is 2.70. The fraction of sp³-hybridized carbons (Fsp3) is 0.929. The van der Waals surface area contributed by atoms with Gasteiger partial charge in [-0.2, -0.15) is 0 Å². The third-order valence-electron chi connectivity index (χ3n) is 3.68. The van der Waals surface area contributed by atoms with Crippen molar-refractivity contribution in [3.8, 4) is 0 Å². The number of likely N-dealkylation sites (N-methyl/N-ethyl adjacent to an activating group) is 1. The van der Waals surface area contributed by atoms with Gasteiger partial charge in [0.05, 0.1) is 12.6 Å². The molecule has 0 bridgehead atoms. The number of carbonyl (C=O) groups is 1. The van der Waals surface area contributed by atoms with Crippen LogP contribution >= 0.6 is 0 Å². The largest absolute Gasteiger partial charge is 0.393 e. The van der Waals surface area contributed by atoms with Gasteiger partial charge in [0.25, 0.3) is 0 Å². The Morgan fingerprint density at radius 3 is 2.78 bits per heavy atom. The molecule has 0 aromatic carbocycles. The number of unbranched alkanes of at least 4 members (excludes halogenated alkanes) is 2. The number of amides is 1. The molecule has 18 heavy (non-hydrogen) atoms. The molecule has 4 heteroatoms. The van der Waals surface area contributed by atoms with E-state index in [1.54, 1.807) is 0 Å². The number of nitrogens with zero attached hydrogens (tertiary/aromatic N) is 1. The Balaban J connectivity index is 2.11. The highest BCUT2D eigenvalue weighted by Gasteiger charge is 2.26. The summed E-state index contributed by atoms with van der Waals surface area (Å²) in [5, 5.41) is 12.7. The molecule has 0 saturated heterocycles. The topological polar surface area (TPSA) is 52.6 Å². The molecule has 0 aromatic rings. The van der Waals surface area contributed by atoms with E-state index >= 15 is 0 Å². The minimum Gasteiger partial charge on any atom is -0.393 e. The van der Waals surface area contributed by atoms with Crippen LogP contribution in [0.25, 0.3) is 0 Å². The monoisotopic (exact) mass is 256 g/mol. The van der Waals surface area contributed by atoms with Gasteiger partial charge in [-0.3, -0.25) is 9.69 Å². The first-order valence-electron chi connectivity index (χ1n) is 7.26. The summed E-state index contributed by atoms with van der Waals surface area (Å²) in [5.74, 6) is 0.448. The summed E-state index contributed by atoms with van der Waals surface area (Å²) >= 11 is 0. The predicted molar refractivity (Wildman–Crippen MR) is 73.4 cm³/mol. The number of carbonyl (C=O) groups excluding carboxylic acids is 1. The Kier molecular flexibility index (Phi) is 7.28. The van der Waals surface area contributed by atoms with Gasteiger partial charge in [-0.25, -0.2) is 0 Å². The molecule has 1 aliphatic carbocycles. The van der Waals surface area contributed by atoms with Crippen LogP contribution in [0.1, 0.15) is 45.4 Å². The Hall–Kier alpha value is -0.610. The lowest BCUT2D eigenvalue weighted by atomic mass is 10.1. The molecular weight excluding hydrogens is 228 g/mol. The third kappa shape index (κ3) is 5.83. The predicted octanol–water partition coefficient (Wildman–Crippen LogP) is 1.39. The van der Waals surface area contributed by atoms with Crippen LogP contribution in [0.5, 0.6) is 0 Å². The van der Waals surface area contributed by atoms with Gasteiger partial charge in [0.1, 0.15) is 0 Å². The molecule has 2 N–H and O–H groups in total. The van der Waals surface area contributed by atoms with Crippen molar-refractivity contribution in [1.82, 2.24) is 10.2 Å². The van der Waals surface area contributed by atoms with E-state index in [0.29, 0.717) is 12.5 Å². The fourth-order valence-electron chi connectivity index (χ4n) is 2.60. The van der Waals surface area contributed by atoms with E-state index < -0.39 is 0 Å². The van der Waals surface area contributed by atoms with Crippen molar-refractivity contribution in [3.05, 3.63) is 0 Å². The molecule has 0 aromatic heterocycles. The molecule has 4 nitrogen and oxygen atoms in total. The van der Waals surface area contributed by atoms with Crippen molar-refractivity contribution in [2.45, 2.75) is 51.6 Å². The summed E-state index contributed by atoms with van der Waals surface area (Å²) in [6.45, 7) is 4.20. The smallest absolute Gasteiger partial charge is 0.234 e. The lowest BCUT2D eigenvalue weighted by molar-refractivity contribution is -0.122. The highest BCUT2D eigenvalue weighted by molar-refractivity contribution is 5.77. The van der Waals surface area contributed by atoms with Gasteiger partial charge < -0.3 is 10.4 Å². The van der Waals surface area contributed by atoms with E-state index in [1.165, 1.54) is 12.8 Å². The molecular formula is C14H28N2O2. The molecule has 2 atom stereocenters. The second-order valence-corrected chi connectivity index (χ2v) is 5.51. The molecule has 0 heterocycles. The maximum Gasteiger partial charge on any atom is 0.234 e. The highest BCUT2D eigenvalue weighted by atomic mass is 16.3. The van der Waals surface area contributed by atoms with Gasteiger partial charge in [0.15, 0.2) is 0 Å². The van der Waals surface area contributed by atoms with Gasteiger partial charge in [0.2, 0.25) is 5.91 Å². The second-order valence-electron chi connectivity index (χ2n) is 5.51. The Morgan fingerprint density at radius 1 is 1.39 bits per heavy atom. The lowest BCUT2D eigenvalue weighted by Crippen LogP contribution is -2.38. The zero-order valence-corrected chi connectivity index (χ0v) is 11.8. The van der Waals surface area contributed by atoms with Gasteiger partial charge in [-0.1, -0.05) is 26.2 Å². The SMILES string of the molecule is CCCCCNC(=O)CN(C)CC1CCCC1O. The number of hydrogen-bond acceptors (Lipinski definition) is 3. The molecule has 1 aliphatic rings. The summed E-state index contributed by atoms with van der Waals surface area (Å²) in [7, 11) is 1.96. The normalized spacial score (nSPS) is 23.6.